The molecule has 4 unspecified atom stereocenters. The smallest absolute Gasteiger partial charge is 0.348 e. The molecule has 1 heterocycles. The molecule has 0 aromatic carbocycles. The molecule has 0 saturated carbocycles. The van der Waals surface area contributed by atoms with Gasteiger partial charge in [0.25, 0.3) is 0 Å². The lowest BCUT2D eigenvalue weighted by Gasteiger charge is -2.16. The van der Waals surface area contributed by atoms with Gasteiger partial charge in [0.1, 0.15) is 6.10 Å². The predicted octanol–water partition coefficient (Wildman–Crippen LogP) is 1.45. The van der Waals surface area contributed by atoms with Gasteiger partial charge in [-0.15, -0.1) is 0 Å². The van der Waals surface area contributed by atoms with E-state index in [4.69, 9.17) is 9.47 Å². The Labute approximate surface area is 94.6 Å². The maximum absolute atomic E-state index is 11.6. The first-order valence-electron chi connectivity index (χ1n) is 5.71. The summed E-state index contributed by atoms with van der Waals surface area (Å²) in [5.41, 5.74) is 0. The van der Waals surface area contributed by atoms with Crippen LogP contribution in [-0.2, 0) is 19.1 Å². The van der Waals surface area contributed by atoms with Gasteiger partial charge < -0.3 is 9.47 Å². The SMILES string of the molecule is CCC(C)C(=O)OC1C(=O)OC2C=CCC21. The van der Waals surface area contributed by atoms with E-state index in [2.05, 4.69) is 0 Å². The molecule has 16 heavy (non-hydrogen) atoms. The summed E-state index contributed by atoms with van der Waals surface area (Å²) in [6.45, 7) is 3.71. The normalized spacial score (nSPS) is 33.4. The Morgan fingerprint density at radius 3 is 3.12 bits per heavy atom. The summed E-state index contributed by atoms with van der Waals surface area (Å²) in [5.74, 6) is -0.894. The van der Waals surface area contributed by atoms with Crippen LogP contribution in [0.3, 0.4) is 0 Å². The molecule has 1 saturated heterocycles. The van der Waals surface area contributed by atoms with Crippen molar-refractivity contribution in [2.75, 3.05) is 0 Å². The fourth-order valence-corrected chi connectivity index (χ4v) is 1.99. The second kappa shape index (κ2) is 4.28. The molecule has 1 aliphatic heterocycles. The Morgan fingerprint density at radius 2 is 2.44 bits per heavy atom. The van der Waals surface area contributed by atoms with Crippen LogP contribution in [0.15, 0.2) is 12.2 Å². The number of carbonyl (C=O) groups is 2. The Balaban J connectivity index is 1.99. The van der Waals surface area contributed by atoms with Crippen molar-refractivity contribution in [3.8, 4) is 0 Å². The van der Waals surface area contributed by atoms with Crippen molar-refractivity contribution in [1.29, 1.82) is 0 Å². The van der Waals surface area contributed by atoms with Gasteiger partial charge in [-0.3, -0.25) is 4.79 Å². The van der Waals surface area contributed by atoms with Crippen LogP contribution in [-0.4, -0.2) is 24.1 Å². The lowest BCUT2D eigenvalue weighted by atomic mass is 10.0. The van der Waals surface area contributed by atoms with E-state index < -0.39 is 12.1 Å². The molecule has 1 aliphatic carbocycles. The molecule has 0 spiro atoms. The molecule has 0 amide bonds. The van der Waals surface area contributed by atoms with Crippen molar-refractivity contribution >= 4 is 11.9 Å². The van der Waals surface area contributed by atoms with Crippen molar-refractivity contribution in [2.24, 2.45) is 11.8 Å². The monoisotopic (exact) mass is 224 g/mol. The van der Waals surface area contributed by atoms with Crippen molar-refractivity contribution in [3.63, 3.8) is 0 Å². The van der Waals surface area contributed by atoms with Crippen LogP contribution >= 0.6 is 0 Å². The zero-order valence-electron chi connectivity index (χ0n) is 9.51. The highest BCUT2D eigenvalue weighted by Gasteiger charge is 2.47. The molecule has 2 rings (SSSR count). The van der Waals surface area contributed by atoms with Crippen LogP contribution in [0.1, 0.15) is 26.7 Å². The van der Waals surface area contributed by atoms with Crippen LogP contribution in [0.25, 0.3) is 0 Å². The van der Waals surface area contributed by atoms with E-state index in [0.29, 0.717) is 6.42 Å². The molecule has 2 aliphatic rings. The molecule has 0 radical (unpaired) electrons. The number of hydrogen-bond donors (Lipinski definition) is 0. The average molecular weight is 224 g/mol. The number of carbonyl (C=O) groups excluding carboxylic acids is 2. The third kappa shape index (κ3) is 1.84. The van der Waals surface area contributed by atoms with Crippen LogP contribution in [0, 0.1) is 11.8 Å². The van der Waals surface area contributed by atoms with Gasteiger partial charge in [-0.2, -0.15) is 0 Å². The van der Waals surface area contributed by atoms with E-state index in [-0.39, 0.29) is 23.9 Å². The molecule has 0 N–H and O–H groups in total. The average Bonchev–Trinajstić information content (AvgIpc) is 2.81. The highest BCUT2D eigenvalue weighted by atomic mass is 16.6. The maximum Gasteiger partial charge on any atom is 0.348 e. The zero-order chi connectivity index (χ0) is 11.7. The molecule has 4 nitrogen and oxygen atoms in total. The number of ether oxygens (including phenoxy) is 2. The van der Waals surface area contributed by atoms with Gasteiger partial charge in [0.2, 0.25) is 6.10 Å². The lowest BCUT2D eigenvalue weighted by Crippen LogP contribution is -2.31. The number of rotatable bonds is 3. The van der Waals surface area contributed by atoms with E-state index in [1.54, 1.807) is 6.92 Å². The molecule has 4 heteroatoms. The molecule has 0 aromatic heterocycles. The first-order valence-corrected chi connectivity index (χ1v) is 5.71. The van der Waals surface area contributed by atoms with Crippen molar-refractivity contribution in [1.82, 2.24) is 0 Å². The summed E-state index contributed by atoms with van der Waals surface area (Å²) in [6.07, 6.45) is 4.39. The summed E-state index contributed by atoms with van der Waals surface area (Å²) < 4.78 is 10.3. The van der Waals surface area contributed by atoms with E-state index in [1.165, 1.54) is 0 Å². The second-order valence-corrected chi connectivity index (χ2v) is 4.40. The molecular weight excluding hydrogens is 208 g/mol. The second-order valence-electron chi connectivity index (χ2n) is 4.40. The van der Waals surface area contributed by atoms with Crippen LogP contribution < -0.4 is 0 Å². The Bertz CT molecular complexity index is 334. The third-order valence-electron chi connectivity index (χ3n) is 3.29. The van der Waals surface area contributed by atoms with Gasteiger partial charge in [-0.25, -0.2) is 4.79 Å². The van der Waals surface area contributed by atoms with Crippen LogP contribution in [0.4, 0.5) is 0 Å². The fourth-order valence-electron chi connectivity index (χ4n) is 1.99. The van der Waals surface area contributed by atoms with Gasteiger partial charge in [-0.05, 0) is 18.9 Å². The number of allylic oxidation sites excluding steroid dienone is 1. The van der Waals surface area contributed by atoms with E-state index in [9.17, 15) is 9.59 Å². The summed E-state index contributed by atoms with van der Waals surface area (Å²) in [4.78, 5) is 23.1. The maximum atomic E-state index is 11.6. The molecule has 0 aromatic rings. The summed E-state index contributed by atoms with van der Waals surface area (Å²) in [5, 5.41) is 0. The molecular formula is C12H16O4. The van der Waals surface area contributed by atoms with E-state index >= 15 is 0 Å². The molecule has 88 valence electrons. The summed E-state index contributed by atoms with van der Waals surface area (Å²) in [7, 11) is 0. The minimum absolute atomic E-state index is 0.0134. The Kier molecular flexibility index (Phi) is 2.99. The Hall–Kier alpha value is -1.32. The standard InChI is InChI=1S/C12H16O4/c1-3-7(2)11(13)16-10-8-5-4-6-9(8)15-12(10)14/h4,6-10H,3,5H2,1-2H3. The molecule has 1 fully saturated rings. The highest BCUT2D eigenvalue weighted by Crippen LogP contribution is 2.34. The van der Waals surface area contributed by atoms with E-state index in [0.717, 1.165) is 6.42 Å². The zero-order valence-corrected chi connectivity index (χ0v) is 9.51. The number of esters is 2. The lowest BCUT2D eigenvalue weighted by molar-refractivity contribution is -0.164. The van der Waals surface area contributed by atoms with Gasteiger partial charge in [0.05, 0.1) is 11.8 Å². The van der Waals surface area contributed by atoms with Crippen molar-refractivity contribution < 1.29 is 19.1 Å². The van der Waals surface area contributed by atoms with Gasteiger partial charge >= 0.3 is 11.9 Å². The third-order valence-corrected chi connectivity index (χ3v) is 3.29. The highest BCUT2D eigenvalue weighted by molar-refractivity contribution is 5.82. The minimum atomic E-state index is -0.707. The Morgan fingerprint density at radius 1 is 1.69 bits per heavy atom. The molecule has 4 atom stereocenters. The number of hydrogen-bond acceptors (Lipinski definition) is 4. The largest absolute Gasteiger partial charge is 0.455 e. The summed E-state index contributed by atoms with van der Waals surface area (Å²) >= 11 is 0. The van der Waals surface area contributed by atoms with Gasteiger partial charge in [0.15, 0.2) is 0 Å². The van der Waals surface area contributed by atoms with Crippen LogP contribution in [0.5, 0.6) is 0 Å². The summed E-state index contributed by atoms with van der Waals surface area (Å²) in [6, 6.07) is 0. The van der Waals surface area contributed by atoms with Crippen molar-refractivity contribution in [2.45, 2.75) is 38.9 Å². The number of fused-ring (bicyclic) bond motifs is 1. The predicted molar refractivity (Wildman–Crippen MR) is 56.5 cm³/mol. The topological polar surface area (TPSA) is 52.6 Å². The van der Waals surface area contributed by atoms with Gasteiger partial charge in [-0.1, -0.05) is 19.9 Å². The fraction of sp³-hybridized carbons (Fsp3) is 0.667. The quantitative estimate of drug-likeness (QED) is 0.537. The van der Waals surface area contributed by atoms with Crippen molar-refractivity contribution in [3.05, 3.63) is 12.2 Å². The molecule has 0 bridgehead atoms. The van der Waals surface area contributed by atoms with E-state index in [1.807, 2.05) is 19.1 Å². The minimum Gasteiger partial charge on any atom is -0.455 e. The van der Waals surface area contributed by atoms with Crippen LogP contribution in [0.2, 0.25) is 0 Å². The first kappa shape index (κ1) is 11.2. The first-order chi connectivity index (χ1) is 7.63. The van der Waals surface area contributed by atoms with Gasteiger partial charge in [0, 0.05) is 0 Å².